The van der Waals surface area contributed by atoms with E-state index >= 15 is 0 Å². The van der Waals surface area contributed by atoms with Crippen LogP contribution in [0.2, 0.25) is 0 Å². The number of hydrogen-bond acceptors (Lipinski definition) is 3. The summed E-state index contributed by atoms with van der Waals surface area (Å²) in [7, 11) is 0. The summed E-state index contributed by atoms with van der Waals surface area (Å²) in [6, 6.07) is 9.94. The van der Waals surface area contributed by atoms with E-state index < -0.39 is 0 Å². The number of nitrogens with one attached hydrogen (secondary N) is 1. The molecule has 0 unspecified atom stereocenters. The second kappa shape index (κ2) is 5.60. The van der Waals surface area contributed by atoms with E-state index in [9.17, 15) is 0 Å². The smallest absolute Gasteiger partial charge is 0.104 e. The summed E-state index contributed by atoms with van der Waals surface area (Å²) in [5.41, 5.74) is 9.84. The summed E-state index contributed by atoms with van der Waals surface area (Å²) < 4.78 is 0. The lowest BCUT2D eigenvalue weighted by Gasteiger charge is -2.09. The first kappa shape index (κ1) is 12.5. The lowest BCUT2D eigenvalue weighted by Crippen LogP contribution is -2.11. The normalized spacial score (nSPS) is 10.1. The Kier molecular flexibility index (Phi) is 3.89. The Hall–Kier alpha value is -1.94. The molecule has 0 radical (unpaired) electrons. The Bertz CT molecular complexity index is 552. The molecule has 1 heterocycles. The number of pyridine rings is 1. The van der Waals surface area contributed by atoms with Crippen molar-refractivity contribution in [3.05, 3.63) is 59.4 Å². The number of rotatable bonds is 4. The zero-order valence-corrected chi connectivity index (χ0v) is 11.0. The number of benzene rings is 1. The van der Waals surface area contributed by atoms with E-state index in [1.54, 1.807) is 6.20 Å². The van der Waals surface area contributed by atoms with Crippen LogP contribution in [0.15, 0.2) is 42.7 Å². The molecular weight excluding hydrogens is 242 g/mol. The number of nitrogens with two attached hydrogens (primary N) is 1. The maximum Gasteiger partial charge on any atom is 0.104 e. The second-order valence-electron chi connectivity index (χ2n) is 4.11. The molecule has 3 N–H and O–H groups in total. The minimum atomic E-state index is 0.436. The van der Waals surface area contributed by atoms with Gasteiger partial charge in [0.05, 0.1) is 0 Å². The van der Waals surface area contributed by atoms with Crippen molar-refractivity contribution in [2.75, 3.05) is 5.32 Å². The van der Waals surface area contributed by atoms with Crippen molar-refractivity contribution in [3.63, 3.8) is 0 Å². The zero-order chi connectivity index (χ0) is 13.0. The average Bonchev–Trinajstić information content (AvgIpc) is 2.37. The van der Waals surface area contributed by atoms with Crippen molar-refractivity contribution in [2.45, 2.75) is 13.5 Å². The Morgan fingerprint density at radius 1 is 1.39 bits per heavy atom. The Balaban J connectivity index is 2.07. The highest BCUT2D eigenvalue weighted by atomic mass is 32.1. The van der Waals surface area contributed by atoms with Crippen LogP contribution in [0.1, 0.15) is 16.7 Å². The fourth-order valence-electron chi connectivity index (χ4n) is 1.76. The van der Waals surface area contributed by atoms with Crippen LogP contribution in [0, 0.1) is 6.92 Å². The zero-order valence-electron chi connectivity index (χ0n) is 10.2. The summed E-state index contributed by atoms with van der Waals surface area (Å²) in [5, 5.41) is 3.34. The van der Waals surface area contributed by atoms with Gasteiger partial charge in [-0.15, -0.1) is 0 Å². The maximum atomic E-state index is 5.63. The van der Waals surface area contributed by atoms with Crippen LogP contribution in [0.25, 0.3) is 0 Å². The van der Waals surface area contributed by atoms with Gasteiger partial charge in [0.25, 0.3) is 0 Å². The van der Waals surface area contributed by atoms with Crippen molar-refractivity contribution in [1.29, 1.82) is 0 Å². The van der Waals surface area contributed by atoms with Gasteiger partial charge in [-0.2, -0.15) is 0 Å². The van der Waals surface area contributed by atoms with Crippen LogP contribution in [0.4, 0.5) is 5.69 Å². The van der Waals surface area contributed by atoms with Gasteiger partial charge in [-0.3, -0.25) is 4.98 Å². The van der Waals surface area contributed by atoms with Gasteiger partial charge in [0.15, 0.2) is 0 Å². The molecule has 0 saturated carbocycles. The van der Waals surface area contributed by atoms with Gasteiger partial charge in [-0.1, -0.05) is 18.3 Å². The minimum Gasteiger partial charge on any atom is -0.389 e. The van der Waals surface area contributed by atoms with Crippen LogP contribution in [0.3, 0.4) is 0 Å². The van der Waals surface area contributed by atoms with E-state index in [2.05, 4.69) is 10.3 Å². The molecule has 0 saturated heterocycles. The predicted octanol–water partition coefficient (Wildman–Crippen LogP) is 2.64. The SMILES string of the molecule is Cc1cc(NCc2cccnc2)ccc1C(N)=S. The van der Waals surface area contributed by atoms with Crippen LogP contribution in [0.5, 0.6) is 0 Å². The Labute approximate surface area is 112 Å². The first-order valence-corrected chi connectivity index (χ1v) is 6.11. The van der Waals surface area contributed by atoms with E-state index in [0.717, 1.165) is 28.9 Å². The van der Waals surface area contributed by atoms with E-state index in [1.807, 2.05) is 43.5 Å². The second-order valence-corrected chi connectivity index (χ2v) is 4.55. The van der Waals surface area contributed by atoms with Crippen molar-refractivity contribution in [2.24, 2.45) is 5.73 Å². The highest BCUT2D eigenvalue weighted by Crippen LogP contribution is 2.15. The molecule has 0 bridgehead atoms. The summed E-state index contributed by atoms with van der Waals surface area (Å²) in [6.07, 6.45) is 3.62. The number of anilines is 1. The number of hydrogen-bond donors (Lipinski definition) is 2. The summed E-state index contributed by atoms with van der Waals surface area (Å²) >= 11 is 4.98. The lowest BCUT2D eigenvalue weighted by molar-refractivity contribution is 1.11. The molecule has 2 aromatic rings. The third kappa shape index (κ3) is 3.05. The maximum absolute atomic E-state index is 5.63. The quantitative estimate of drug-likeness (QED) is 0.827. The highest BCUT2D eigenvalue weighted by Gasteiger charge is 2.02. The van der Waals surface area contributed by atoms with E-state index in [0.29, 0.717) is 4.99 Å². The van der Waals surface area contributed by atoms with Crippen molar-refractivity contribution in [3.8, 4) is 0 Å². The molecule has 0 aliphatic carbocycles. The highest BCUT2D eigenvalue weighted by molar-refractivity contribution is 7.80. The van der Waals surface area contributed by atoms with Crippen LogP contribution >= 0.6 is 12.2 Å². The lowest BCUT2D eigenvalue weighted by atomic mass is 10.1. The molecule has 1 aromatic heterocycles. The summed E-state index contributed by atoms with van der Waals surface area (Å²) in [5.74, 6) is 0. The molecule has 18 heavy (non-hydrogen) atoms. The fraction of sp³-hybridized carbons (Fsp3) is 0.143. The molecule has 0 fully saturated rings. The van der Waals surface area contributed by atoms with Crippen molar-refractivity contribution in [1.82, 2.24) is 4.98 Å². The molecule has 0 amide bonds. The first-order chi connectivity index (χ1) is 8.66. The van der Waals surface area contributed by atoms with Crippen LogP contribution in [-0.2, 0) is 6.54 Å². The molecule has 4 heteroatoms. The molecular formula is C14H15N3S. The Morgan fingerprint density at radius 3 is 2.83 bits per heavy atom. The first-order valence-electron chi connectivity index (χ1n) is 5.70. The average molecular weight is 257 g/mol. The van der Waals surface area contributed by atoms with E-state index in [-0.39, 0.29) is 0 Å². The largest absolute Gasteiger partial charge is 0.389 e. The molecule has 0 aliphatic heterocycles. The van der Waals surface area contributed by atoms with Gasteiger partial charge in [-0.25, -0.2) is 0 Å². The summed E-state index contributed by atoms with van der Waals surface area (Å²) in [6.45, 7) is 2.75. The van der Waals surface area contributed by atoms with Crippen LogP contribution < -0.4 is 11.1 Å². The van der Waals surface area contributed by atoms with Gasteiger partial charge in [0.1, 0.15) is 4.99 Å². The predicted molar refractivity (Wildman–Crippen MR) is 78.6 cm³/mol. The molecule has 0 atom stereocenters. The minimum absolute atomic E-state index is 0.436. The monoisotopic (exact) mass is 257 g/mol. The topological polar surface area (TPSA) is 50.9 Å². The van der Waals surface area contributed by atoms with E-state index in [4.69, 9.17) is 18.0 Å². The fourth-order valence-corrected chi connectivity index (χ4v) is 1.99. The molecule has 3 nitrogen and oxygen atoms in total. The number of nitrogens with zero attached hydrogens (tertiary/aromatic N) is 1. The third-order valence-corrected chi connectivity index (χ3v) is 2.93. The van der Waals surface area contributed by atoms with Gasteiger partial charge in [-0.05, 0) is 42.3 Å². The van der Waals surface area contributed by atoms with Crippen molar-refractivity contribution >= 4 is 22.9 Å². The van der Waals surface area contributed by atoms with Gasteiger partial charge >= 0.3 is 0 Å². The molecule has 0 aliphatic rings. The molecule has 0 spiro atoms. The molecule has 2 rings (SSSR count). The molecule has 92 valence electrons. The molecule has 1 aromatic carbocycles. The van der Waals surface area contributed by atoms with Gasteiger partial charge < -0.3 is 11.1 Å². The van der Waals surface area contributed by atoms with Crippen molar-refractivity contribution < 1.29 is 0 Å². The van der Waals surface area contributed by atoms with Gasteiger partial charge in [0, 0.05) is 30.2 Å². The number of aromatic nitrogens is 1. The third-order valence-electron chi connectivity index (χ3n) is 2.71. The number of thiocarbonyl (C=S) groups is 1. The van der Waals surface area contributed by atoms with Crippen LogP contribution in [-0.4, -0.2) is 9.97 Å². The standard InChI is InChI=1S/C14H15N3S/c1-10-7-12(4-5-13(10)14(15)18)17-9-11-3-2-6-16-8-11/h2-8,17H,9H2,1H3,(H2,15,18). The summed E-state index contributed by atoms with van der Waals surface area (Å²) in [4.78, 5) is 4.51. The Morgan fingerprint density at radius 2 is 2.22 bits per heavy atom. The van der Waals surface area contributed by atoms with E-state index in [1.165, 1.54) is 0 Å². The number of aryl methyl sites for hydroxylation is 1. The van der Waals surface area contributed by atoms with Gasteiger partial charge in [0.2, 0.25) is 0 Å².